The largest absolute Gasteiger partial charge is 0.393 e. The van der Waals surface area contributed by atoms with Crippen molar-refractivity contribution in [1.82, 2.24) is 9.97 Å². The van der Waals surface area contributed by atoms with E-state index in [2.05, 4.69) is 9.97 Å². The van der Waals surface area contributed by atoms with Crippen molar-refractivity contribution >= 4 is 27.6 Å². The molecule has 26 heavy (non-hydrogen) atoms. The average Bonchev–Trinajstić information content (AvgIpc) is 2.54. The molecule has 0 aliphatic heterocycles. The van der Waals surface area contributed by atoms with Gasteiger partial charge in [-0.2, -0.15) is 0 Å². The first-order valence-electron chi connectivity index (χ1n) is 8.30. The predicted octanol–water partition coefficient (Wildman–Crippen LogP) is 2.35. The molecule has 1 aliphatic carbocycles. The number of sulfonamides is 1. The number of aliphatic hydroxyl groups excluding tert-OH is 1. The number of benzene rings is 1. The fraction of sp³-hybridized carbons (Fsp3) is 0.412. The van der Waals surface area contributed by atoms with Gasteiger partial charge >= 0.3 is 0 Å². The van der Waals surface area contributed by atoms with Crippen molar-refractivity contribution in [2.24, 2.45) is 5.14 Å². The van der Waals surface area contributed by atoms with Gasteiger partial charge < -0.3 is 10.8 Å². The quantitative estimate of drug-likeness (QED) is 0.729. The van der Waals surface area contributed by atoms with E-state index in [1.165, 1.54) is 6.07 Å². The maximum absolute atomic E-state index is 12.1. The molecular formula is C17H21ClN4O3S. The number of hydrogen-bond acceptors (Lipinski definition) is 6. The van der Waals surface area contributed by atoms with Crippen LogP contribution in [0.1, 0.15) is 42.9 Å². The second-order valence-electron chi connectivity index (χ2n) is 6.67. The van der Waals surface area contributed by atoms with E-state index in [0.717, 1.165) is 19.3 Å². The lowest BCUT2D eigenvalue weighted by atomic mass is 9.81. The lowest BCUT2D eigenvalue weighted by Crippen LogP contribution is -2.20. The molecule has 0 saturated heterocycles. The fourth-order valence-corrected chi connectivity index (χ4v) is 4.74. The Labute approximate surface area is 157 Å². The summed E-state index contributed by atoms with van der Waals surface area (Å²) in [5.74, 6) is 0.101. The van der Waals surface area contributed by atoms with Crippen LogP contribution in [0.5, 0.6) is 0 Å². The Bertz CT molecular complexity index is 949. The smallest absolute Gasteiger partial charge is 0.239 e. The van der Waals surface area contributed by atoms with E-state index in [0.29, 0.717) is 28.8 Å². The number of nitrogens with two attached hydrogens (primary N) is 2. The van der Waals surface area contributed by atoms with Crippen LogP contribution in [0.4, 0.5) is 5.95 Å². The molecule has 0 radical (unpaired) electrons. The van der Waals surface area contributed by atoms with Crippen molar-refractivity contribution in [2.45, 2.75) is 49.5 Å². The number of anilines is 1. The fourth-order valence-electron chi connectivity index (χ4n) is 3.49. The van der Waals surface area contributed by atoms with Gasteiger partial charge in [0.05, 0.1) is 16.8 Å². The third-order valence-corrected chi connectivity index (χ3v) is 6.24. The number of aliphatic hydroxyl groups is 1. The first-order valence-corrected chi connectivity index (χ1v) is 10.2. The molecule has 1 aliphatic rings. The highest BCUT2D eigenvalue weighted by molar-refractivity contribution is 7.89. The summed E-state index contributed by atoms with van der Waals surface area (Å²) in [6.45, 7) is 1.77. The normalized spacial score (nSPS) is 20.9. The van der Waals surface area contributed by atoms with Crippen molar-refractivity contribution in [3.05, 3.63) is 34.6 Å². The highest BCUT2D eigenvalue weighted by Gasteiger charge is 2.27. The number of aromatic nitrogens is 2. The van der Waals surface area contributed by atoms with Crippen molar-refractivity contribution in [2.75, 3.05) is 5.73 Å². The molecule has 1 fully saturated rings. The van der Waals surface area contributed by atoms with Gasteiger partial charge in [0.1, 0.15) is 4.90 Å². The van der Waals surface area contributed by atoms with Gasteiger partial charge in [-0.05, 0) is 55.4 Å². The zero-order chi connectivity index (χ0) is 19.1. The number of aryl methyl sites for hydroxylation is 1. The third kappa shape index (κ3) is 3.83. The van der Waals surface area contributed by atoms with Crippen LogP contribution in [-0.2, 0) is 10.0 Å². The summed E-state index contributed by atoms with van der Waals surface area (Å²) in [7, 11) is -4.02. The second kappa shape index (κ2) is 7.11. The first-order chi connectivity index (χ1) is 12.2. The highest BCUT2D eigenvalue weighted by atomic mass is 35.5. The van der Waals surface area contributed by atoms with Gasteiger partial charge in [-0.15, -0.1) is 0 Å². The van der Waals surface area contributed by atoms with E-state index in [1.807, 2.05) is 6.07 Å². The number of nitrogens with zero attached hydrogens (tertiary/aromatic N) is 2. The summed E-state index contributed by atoms with van der Waals surface area (Å²) in [6, 6.07) is 3.27. The minimum atomic E-state index is -4.02. The van der Waals surface area contributed by atoms with Gasteiger partial charge in [0.2, 0.25) is 16.0 Å². The molecule has 0 spiro atoms. The van der Waals surface area contributed by atoms with Crippen LogP contribution in [0.25, 0.3) is 11.1 Å². The van der Waals surface area contributed by atoms with Crippen LogP contribution in [0.15, 0.2) is 23.2 Å². The molecule has 9 heteroatoms. The van der Waals surface area contributed by atoms with Gasteiger partial charge in [0.15, 0.2) is 0 Å². The third-order valence-electron chi connectivity index (χ3n) is 4.77. The number of rotatable bonds is 3. The Morgan fingerprint density at radius 1 is 1.31 bits per heavy atom. The van der Waals surface area contributed by atoms with Gasteiger partial charge in [-0.25, -0.2) is 23.5 Å². The van der Waals surface area contributed by atoms with Crippen molar-refractivity contribution < 1.29 is 13.5 Å². The summed E-state index contributed by atoms with van der Waals surface area (Å²) in [5, 5.41) is 15.5. The highest BCUT2D eigenvalue weighted by Crippen LogP contribution is 2.41. The molecule has 1 aromatic heterocycles. The Morgan fingerprint density at radius 2 is 2.04 bits per heavy atom. The molecule has 1 heterocycles. The molecule has 7 nitrogen and oxygen atoms in total. The van der Waals surface area contributed by atoms with E-state index >= 15 is 0 Å². The van der Waals surface area contributed by atoms with E-state index in [9.17, 15) is 13.5 Å². The van der Waals surface area contributed by atoms with E-state index < -0.39 is 16.1 Å². The number of nitrogen functional groups attached to an aromatic ring is 1. The molecule has 1 aromatic carbocycles. The molecule has 1 saturated carbocycles. The van der Waals surface area contributed by atoms with Crippen LogP contribution in [0.2, 0.25) is 5.02 Å². The average molecular weight is 397 g/mol. The molecule has 3 rings (SSSR count). The zero-order valence-corrected chi connectivity index (χ0v) is 15.9. The van der Waals surface area contributed by atoms with Gasteiger partial charge in [-0.1, -0.05) is 18.0 Å². The Balaban J connectivity index is 2.21. The van der Waals surface area contributed by atoms with Crippen molar-refractivity contribution in [3.8, 4) is 11.1 Å². The van der Waals surface area contributed by atoms with Crippen molar-refractivity contribution in [3.63, 3.8) is 0 Å². The maximum Gasteiger partial charge on any atom is 0.239 e. The van der Waals surface area contributed by atoms with E-state index in [4.69, 9.17) is 22.5 Å². The molecule has 0 bridgehead atoms. The minimum absolute atomic E-state index is 0.0401. The number of halogens is 1. The second-order valence-corrected chi connectivity index (χ2v) is 8.58. The lowest BCUT2D eigenvalue weighted by Gasteiger charge is -2.28. The Morgan fingerprint density at radius 3 is 2.65 bits per heavy atom. The summed E-state index contributed by atoms with van der Waals surface area (Å²) in [5.41, 5.74) is 8.15. The Kier molecular flexibility index (Phi) is 5.21. The zero-order valence-electron chi connectivity index (χ0n) is 14.3. The molecule has 5 N–H and O–H groups in total. The molecule has 140 valence electrons. The SMILES string of the molecule is Cc1nc(N)ncc1-c1cc(C2CCCC(O)C2)c(Cl)c(S(N)(=O)=O)c1. The monoisotopic (exact) mass is 396 g/mol. The van der Waals surface area contributed by atoms with Gasteiger partial charge in [-0.3, -0.25) is 0 Å². The minimum Gasteiger partial charge on any atom is -0.393 e. The van der Waals surface area contributed by atoms with Crippen LogP contribution in [0.3, 0.4) is 0 Å². The molecular weight excluding hydrogens is 376 g/mol. The van der Waals surface area contributed by atoms with Gasteiger partial charge in [0, 0.05) is 11.8 Å². The molecule has 0 amide bonds. The summed E-state index contributed by atoms with van der Waals surface area (Å²) < 4.78 is 24.1. The van der Waals surface area contributed by atoms with Crippen LogP contribution < -0.4 is 10.9 Å². The Hall–Kier alpha value is -1.74. The van der Waals surface area contributed by atoms with E-state index in [-0.39, 0.29) is 21.8 Å². The summed E-state index contributed by atoms with van der Waals surface area (Å²) >= 11 is 6.41. The molecule has 2 aromatic rings. The van der Waals surface area contributed by atoms with Crippen LogP contribution in [0, 0.1) is 6.92 Å². The topological polar surface area (TPSA) is 132 Å². The van der Waals surface area contributed by atoms with Crippen molar-refractivity contribution in [1.29, 1.82) is 0 Å². The molecule has 2 unspecified atom stereocenters. The molecule has 2 atom stereocenters. The summed E-state index contributed by atoms with van der Waals surface area (Å²) in [6.07, 6.45) is 4.06. The maximum atomic E-state index is 12.1. The standard InChI is InChI=1S/C17H21ClN4O3S/c1-9-14(8-21-17(19)22-9)11-6-13(10-3-2-4-12(23)5-10)16(18)15(7-11)26(20,24)25/h6-8,10,12,23H,2-5H2,1H3,(H2,19,21,22)(H2,20,24,25). The lowest BCUT2D eigenvalue weighted by molar-refractivity contribution is 0.119. The first kappa shape index (κ1) is 19.0. The van der Waals surface area contributed by atoms with Gasteiger partial charge in [0.25, 0.3) is 0 Å². The van der Waals surface area contributed by atoms with Crippen LogP contribution in [-0.4, -0.2) is 29.6 Å². The van der Waals surface area contributed by atoms with Crippen LogP contribution >= 0.6 is 11.6 Å². The number of hydrogen-bond donors (Lipinski definition) is 3. The van der Waals surface area contributed by atoms with E-state index in [1.54, 1.807) is 13.1 Å². The predicted molar refractivity (Wildman–Crippen MR) is 100 cm³/mol. The number of primary sulfonamides is 1. The summed E-state index contributed by atoms with van der Waals surface area (Å²) in [4.78, 5) is 7.99.